The molecule has 5 rings (SSSR count). The SMILES string of the molecule is CC(C)(C)OC(=O)N[C@@H](Cc1ccccc1)C(=O)N[C@@H](Cc1ccc(C2=CC(=O)NS2(=O)=O)cc1)c1nc2ccccc2[nH]1.O=C(O)C(F)(F)F. The average Bonchev–Trinajstić information content (AvgIpc) is 3.59. The Labute approximate surface area is 290 Å². The maximum Gasteiger partial charge on any atom is 0.490 e. The van der Waals surface area contributed by atoms with E-state index >= 15 is 0 Å². The highest BCUT2D eigenvalue weighted by atomic mass is 32.2. The number of alkyl carbamates (subject to hydrolysis) is 1. The summed E-state index contributed by atoms with van der Waals surface area (Å²) >= 11 is 0. The van der Waals surface area contributed by atoms with Gasteiger partial charge in [-0.15, -0.1) is 0 Å². The summed E-state index contributed by atoms with van der Waals surface area (Å²) in [6.45, 7) is 5.23. The minimum absolute atomic E-state index is 0.104. The van der Waals surface area contributed by atoms with Crippen LogP contribution in [0.15, 0.2) is 84.9 Å². The van der Waals surface area contributed by atoms with Gasteiger partial charge in [0.1, 0.15) is 22.4 Å². The molecule has 3 amide bonds. The number of benzene rings is 3. The van der Waals surface area contributed by atoms with Crippen LogP contribution >= 0.6 is 0 Å². The van der Waals surface area contributed by atoms with Gasteiger partial charge in [0.05, 0.1) is 17.1 Å². The Kier molecular flexibility index (Phi) is 11.5. The van der Waals surface area contributed by atoms with Crippen molar-refractivity contribution in [3.05, 3.63) is 107 Å². The van der Waals surface area contributed by atoms with Crippen LogP contribution in [-0.2, 0) is 42.0 Å². The van der Waals surface area contributed by atoms with E-state index in [9.17, 15) is 36.0 Å². The lowest BCUT2D eigenvalue weighted by atomic mass is 10.0. The normalized spacial score (nSPS) is 15.0. The summed E-state index contributed by atoms with van der Waals surface area (Å²) in [5.41, 5.74) is 2.75. The van der Waals surface area contributed by atoms with Crippen LogP contribution in [0.2, 0.25) is 0 Å². The van der Waals surface area contributed by atoms with Crippen LogP contribution in [0.1, 0.15) is 49.3 Å². The lowest BCUT2D eigenvalue weighted by Gasteiger charge is -2.25. The zero-order chi connectivity index (χ0) is 37.6. The van der Waals surface area contributed by atoms with Crippen molar-refractivity contribution in [2.24, 2.45) is 0 Å². The van der Waals surface area contributed by atoms with Crippen molar-refractivity contribution in [1.82, 2.24) is 25.3 Å². The van der Waals surface area contributed by atoms with Crippen LogP contribution in [0.5, 0.6) is 0 Å². The predicted octanol–water partition coefficient (Wildman–Crippen LogP) is 4.53. The molecule has 270 valence electrons. The summed E-state index contributed by atoms with van der Waals surface area (Å²) in [7, 11) is -3.91. The lowest BCUT2D eigenvalue weighted by molar-refractivity contribution is -0.192. The molecule has 1 aliphatic rings. The van der Waals surface area contributed by atoms with Gasteiger partial charge in [0.2, 0.25) is 5.91 Å². The van der Waals surface area contributed by atoms with Gasteiger partial charge < -0.3 is 25.5 Å². The molecule has 2 atom stereocenters. The first-order chi connectivity index (χ1) is 23.8. The second kappa shape index (κ2) is 15.5. The number of rotatable bonds is 9. The van der Waals surface area contributed by atoms with Gasteiger partial charge >= 0.3 is 18.2 Å². The maximum atomic E-state index is 13.8. The summed E-state index contributed by atoms with van der Waals surface area (Å²) in [5.74, 6) is -3.38. The number of amides is 3. The first-order valence-electron chi connectivity index (χ1n) is 15.3. The molecule has 0 spiro atoms. The number of aromatic amines is 1. The third-order valence-corrected chi connectivity index (χ3v) is 8.45. The Morgan fingerprint density at radius 2 is 1.47 bits per heavy atom. The van der Waals surface area contributed by atoms with Crippen LogP contribution in [-0.4, -0.2) is 65.2 Å². The van der Waals surface area contributed by atoms with Gasteiger partial charge in [0.25, 0.3) is 15.9 Å². The van der Waals surface area contributed by atoms with Crippen LogP contribution < -0.4 is 15.4 Å². The fourth-order valence-electron chi connectivity index (χ4n) is 4.83. The third-order valence-electron chi connectivity index (χ3n) is 7.05. The number of hydrogen-bond acceptors (Lipinski definition) is 8. The fraction of sp³-hybridized carbons (Fsp3) is 0.265. The van der Waals surface area contributed by atoms with Gasteiger partial charge in [0, 0.05) is 12.5 Å². The number of fused-ring (bicyclic) bond motifs is 1. The quantitative estimate of drug-likeness (QED) is 0.164. The molecule has 0 radical (unpaired) electrons. The zero-order valence-electron chi connectivity index (χ0n) is 27.4. The number of aliphatic carboxylic acids is 1. The number of hydrogen-bond donors (Lipinski definition) is 5. The molecular formula is C34H34F3N5O8S. The number of carbonyl (C=O) groups excluding carboxylic acids is 3. The van der Waals surface area contributed by atoms with Gasteiger partial charge in [-0.1, -0.05) is 66.7 Å². The van der Waals surface area contributed by atoms with E-state index in [1.165, 1.54) is 0 Å². The van der Waals surface area contributed by atoms with Crippen molar-refractivity contribution in [3.8, 4) is 0 Å². The highest BCUT2D eigenvalue weighted by Crippen LogP contribution is 2.26. The first kappa shape index (κ1) is 38.1. The smallest absolute Gasteiger partial charge is 0.475 e. The molecule has 4 aromatic rings. The number of alkyl halides is 3. The number of nitrogens with one attached hydrogen (secondary N) is 4. The summed E-state index contributed by atoms with van der Waals surface area (Å²) in [5, 5.41) is 12.9. The van der Waals surface area contributed by atoms with Gasteiger partial charge in [-0.3, -0.25) is 9.59 Å². The molecule has 17 heteroatoms. The van der Waals surface area contributed by atoms with E-state index in [0.29, 0.717) is 17.8 Å². The summed E-state index contributed by atoms with van der Waals surface area (Å²) in [6.07, 6.45) is -4.23. The van der Waals surface area contributed by atoms with E-state index in [-0.39, 0.29) is 11.3 Å². The number of halogens is 3. The van der Waals surface area contributed by atoms with Crippen molar-refractivity contribution in [2.45, 2.75) is 57.5 Å². The number of carboxylic acid groups (broad SMARTS) is 1. The van der Waals surface area contributed by atoms with Crippen molar-refractivity contribution in [3.63, 3.8) is 0 Å². The van der Waals surface area contributed by atoms with Crippen LogP contribution in [0.3, 0.4) is 0 Å². The number of carbonyl (C=O) groups is 4. The highest BCUT2D eigenvalue weighted by molar-refractivity contribution is 7.99. The second-order valence-corrected chi connectivity index (χ2v) is 13.9. The van der Waals surface area contributed by atoms with Crippen molar-refractivity contribution in [2.75, 3.05) is 0 Å². The Morgan fingerprint density at radius 3 is 2.02 bits per heavy atom. The second-order valence-electron chi connectivity index (χ2n) is 12.3. The predicted molar refractivity (Wildman–Crippen MR) is 179 cm³/mol. The largest absolute Gasteiger partial charge is 0.490 e. The number of carboxylic acids is 1. The van der Waals surface area contributed by atoms with E-state index < -0.39 is 57.8 Å². The molecule has 1 aliphatic heterocycles. The number of nitrogens with zero attached hydrogens (tertiary/aromatic N) is 1. The van der Waals surface area contributed by atoms with Crippen LogP contribution in [0.4, 0.5) is 18.0 Å². The monoisotopic (exact) mass is 729 g/mol. The van der Waals surface area contributed by atoms with Gasteiger partial charge in [-0.2, -0.15) is 13.2 Å². The molecule has 5 N–H and O–H groups in total. The number of sulfonamides is 1. The van der Waals surface area contributed by atoms with E-state index in [1.807, 2.05) is 59.3 Å². The standard InChI is InChI=1S/C32H33N5O6S.C2HF3O2/c1-32(2,3)43-31(40)36-26(18-20-9-5-4-6-10-20)30(39)35-25(29-33-23-11-7-8-12-24(23)34-29)17-21-13-15-22(16-14-21)27-19-28(38)37-44(27,41)42;3-2(4,5)1(6)7/h4-16,19,25-26H,17-18H2,1-3H3,(H,33,34)(H,35,39)(H,36,40)(H,37,38);(H,6,7)/t25-,26-;/m0./s1. The molecule has 0 fully saturated rings. The molecule has 0 saturated carbocycles. The summed E-state index contributed by atoms with van der Waals surface area (Å²) in [6, 6.07) is 21.9. The van der Waals surface area contributed by atoms with E-state index in [0.717, 1.165) is 28.2 Å². The zero-order valence-corrected chi connectivity index (χ0v) is 28.3. The van der Waals surface area contributed by atoms with Crippen molar-refractivity contribution >= 4 is 49.8 Å². The summed E-state index contributed by atoms with van der Waals surface area (Å²) in [4.78, 5) is 55.0. The number of ether oxygens (including phenoxy) is 1. The average molecular weight is 730 g/mol. The molecule has 2 heterocycles. The van der Waals surface area contributed by atoms with Crippen LogP contribution in [0, 0.1) is 0 Å². The van der Waals surface area contributed by atoms with Gasteiger partial charge in [0.15, 0.2) is 0 Å². The summed E-state index contributed by atoms with van der Waals surface area (Å²) < 4.78 is 63.7. The lowest BCUT2D eigenvalue weighted by Crippen LogP contribution is -2.50. The van der Waals surface area contributed by atoms with E-state index in [1.54, 1.807) is 45.0 Å². The topological polar surface area (TPSA) is 197 Å². The van der Waals surface area contributed by atoms with Crippen LogP contribution in [0.25, 0.3) is 15.9 Å². The number of aromatic nitrogens is 2. The Hall–Kier alpha value is -5.71. The minimum Gasteiger partial charge on any atom is -0.475 e. The first-order valence-corrected chi connectivity index (χ1v) is 16.8. The van der Waals surface area contributed by atoms with Crippen molar-refractivity contribution < 1.29 is 50.6 Å². The molecule has 1 aromatic heterocycles. The molecule has 0 saturated heterocycles. The maximum absolute atomic E-state index is 13.8. The molecule has 51 heavy (non-hydrogen) atoms. The minimum atomic E-state index is -5.08. The Morgan fingerprint density at radius 1 is 0.882 bits per heavy atom. The van der Waals surface area contributed by atoms with Crippen molar-refractivity contribution in [1.29, 1.82) is 0 Å². The third kappa shape index (κ3) is 10.9. The van der Waals surface area contributed by atoms with E-state index in [4.69, 9.17) is 19.6 Å². The Balaban J connectivity index is 0.000000755. The molecule has 0 unspecified atom stereocenters. The molecule has 13 nitrogen and oxygen atoms in total. The molecular weight excluding hydrogens is 695 g/mol. The van der Waals surface area contributed by atoms with E-state index in [2.05, 4.69) is 15.6 Å². The molecule has 0 bridgehead atoms. The number of imidazole rings is 1. The highest BCUT2D eigenvalue weighted by Gasteiger charge is 2.38. The number of para-hydroxylation sites is 2. The molecule has 3 aromatic carbocycles. The Bertz CT molecular complexity index is 2010. The fourth-order valence-corrected chi connectivity index (χ4v) is 5.97. The number of H-pyrrole nitrogens is 1. The van der Waals surface area contributed by atoms with Gasteiger partial charge in [-0.05, 0) is 56.0 Å². The molecule has 0 aliphatic carbocycles. The van der Waals surface area contributed by atoms with Gasteiger partial charge in [-0.25, -0.2) is 27.7 Å².